The van der Waals surface area contributed by atoms with Crippen LogP contribution in [-0.2, 0) is 16.0 Å². The summed E-state index contributed by atoms with van der Waals surface area (Å²) >= 11 is 0. The van der Waals surface area contributed by atoms with Crippen LogP contribution in [0.2, 0.25) is 0 Å². The minimum atomic E-state index is -1.18. The fourth-order valence-corrected chi connectivity index (χ4v) is 3.86. The monoisotopic (exact) mass is 431 g/mol. The molecule has 32 heavy (non-hydrogen) atoms. The predicted octanol–water partition coefficient (Wildman–Crippen LogP) is 2.13. The lowest BCUT2D eigenvalue weighted by molar-refractivity contribution is -0.157. The largest absolute Gasteiger partial charge is 0.361 e. The molecule has 164 valence electrons. The molecule has 1 saturated heterocycles. The van der Waals surface area contributed by atoms with Crippen molar-refractivity contribution in [2.45, 2.75) is 18.9 Å². The molecular formula is C24H25N5O3. The second-order valence-corrected chi connectivity index (χ2v) is 7.63. The van der Waals surface area contributed by atoms with Gasteiger partial charge in [0.2, 0.25) is 0 Å². The highest BCUT2D eigenvalue weighted by Crippen LogP contribution is 2.26. The van der Waals surface area contributed by atoms with Crippen molar-refractivity contribution in [3.63, 3.8) is 0 Å². The summed E-state index contributed by atoms with van der Waals surface area (Å²) in [4.78, 5) is 39.8. The van der Waals surface area contributed by atoms with Crippen molar-refractivity contribution in [3.05, 3.63) is 78.6 Å². The van der Waals surface area contributed by atoms with E-state index in [-0.39, 0.29) is 30.7 Å². The number of hydrogen-bond donors (Lipinski definition) is 1. The Labute approximate surface area is 186 Å². The lowest BCUT2D eigenvalue weighted by atomic mass is 9.90. The quantitative estimate of drug-likeness (QED) is 0.642. The summed E-state index contributed by atoms with van der Waals surface area (Å²) in [6, 6.07) is 11.9. The molecular weight excluding hydrogens is 406 g/mol. The number of nitrogens with one attached hydrogen (secondary N) is 1. The first-order chi connectivity index (χ1) is 15.6. The molecule has 4 rings (SSSR count). The van der Waals surface area contributed by atoms with E-state index in [4.69, 9.17) is 4.74 Å². The average Bonchev–Trinajstić information content (AvgIpc) is 2.85. The summed E-state index contributed by atoms with van der Waals surface area (Å²) in [7, 11) is 0. The molecule has 2 amide bonds. The van der Waals surface area contributed by atoms with Crippen LogP contribution in [0.3, 0.4) is 0 Å². The normalized spacial score (nSPS) is 18.2. The number of likely N-dealkylation sites (N-methyl/N-ethyl adjacent to an activating group) is 1. The SMILES string of the molecule is CCNC(=O)C1(Cc2ccc(-c3ccncc3)cc2)CN(C(=O)c2cnccn2)CCO1. The van der Waals surface area contributed by atoms with Gasteiger partial charge in [-0.2, -0.15) is 0 Å². The summed E-state index contributed by atoms with van der Waals surface area (Å²) in [6.45, 7) is 3.12. The Bertz CT molecular complexity index is 1060. The Morgan fingerprint density at radius 2 is 1.78 bits per heavy atom. The molecule has 0 bridgehead atoms. The predicted molar refractivity (Wildman–Crippen MR) is 119 cm³/mol. The van der Waals surface area contributed by atoms with Gasteiger partial charge in [-0.15, -0.1) is 0 Å². The van der Waals surface area contributed by atoms with Gasteiger partial charge in [-0.25, -0.2) is 4.98 Å². The summed E-state index contributed by atoms with van der Waals surface area (Å²) in [5.41, 5.74) is 2.15. The number of ether oxygens (including phenoxy) is 1. The van der Waals surface area contributed by atoms with Crippen molar-refractivity contribution >= 4 is 11.8 Å². The fourth-order valence-electron chi connectivity index (χ4n) is 3.86. The molecule has 3 heterocycles. The molecule has 1 aromatic carbocycles. The zero-order chi connectivity index (χ0) is 22.4. The maximum atomic E-state index is 13.1. The number of benzene rings is 1. The molecule has 1 atom stereocenters. The third kappa shape index (κ3) is 4.65. The van der Waals surface area contributed by atoms with Gasteiger partial charge in [0.25, 0.3) is 11.8 Å². The number of nitrogens with zero attached hydrogens (tertiary/aromatic N) is 4. The highest BCUT2D eigenvalue weighted by Gasteiger charge is 2.45. The van der Waals surface area contributed by atoms with Gasteiger partial charge < -0.3 is 15.0 Å². The van der Waals surface area contributed by atoms with Gasteiger partial charge in [0, 0.05) is 44.3 Å². The minimum Gasteiger partial charge on any atom is -0.361 e. The van der Waals surface area contributed by atoms with Gasteiger partial charge in [0.1, 0.15) is 5.69 Å². The maximum Gasteiger partial charge on any atom is 0.274 e. The molecule has 0 saturated carbocycles. The van der Waals surface area contributed by atoms with Crippen LogP contribution in [-0.4, -0.2) is 63.5 Å². The fraction of sp³-hybridized carbons (Fsp3) is 0.292. The summed E-state index contributed by atoms with van der Waals surface area (Å²) in [6.07, 6.45) is 8.29. The number of carbonyl (C=O) groups excluding carboxylic acids is 2. The third-order valence-corrected chi connectivity index (χ3v) is 5.46. The Morgan fingerprint density at radius 3 is 2.47 bits per heavy atom. The Morgan fingerprint density at radius 1 is 1.03 bits per heavy atom. The molecule has 3 aromatic rings. The first kappa shape index (κ1) is 21.6. The molecule has 1 unspecified atom stereocenters. The smallest absolute Gasteiger partial charge is 0.274 e. The van der Waals surface area contributed by atoms with Gasteiger partial charge in [0.15, 0.2) is 5.60 Å². The summed E-state index contributed by atoms with van der Waals surface area (Å²) < 4.78 is 6.06. The van der Waals surface area contributed by atoms with Gasteiger partial charge >= 0.3 is 0 Å². The van der Waals surface area contributed by atoms with E-state index in [0.717, 1.165) is 16.7 Å². The van der Waals surface area contributed by atoms with Crippen molar-refractivity contribution in [1.82, 2.24) is 25.2 Å². The summed E-state index contributed by atoms with van der Waals surface area (Å²) in [5, 5.41) is 2.88. The van der Waals surface area contributed by atoms with Crippen LogP contribution in [0.5, 0.6) is 0 Å². The van der Waals surface area contributed by atoms with Crippen molar-refractivity contribution < 1.29 is 14.3 Å². The molecule has 1 aliphatic rings. The third-order valence-electron chi connectivity index (χ3n) is 5.46. The van der Waals surface area contributed by atoms with Crippen molar-refractivity contribution in [1.29, 1.82) is 0 Å². The van der Waals surface area contributed by atoms with Crippen LogP contribution in [0.15, 0.2) is 67.4 Å². The Hall–Kier alpha value is -3.65. The topological polar surface area (TPSA) is 97.3 Å². The molecule has 2 aromatic heterocycles. The maximum absolute atomic E-state index is 13.1. The zero-order valence-electron chi connectivity index (χ0n) is 17.9. The van der Waals surface area contributed by atoms with Crippen LogP contribution in [0, 0.1) is 0 Å². The number of amides is 2. The number of hydrogen-bond acceptors (Lipinski definition) is 6. The number of carbonyl (C=O) groups is 2. The molecule has 8 heteroatoms. The van der Waals surface area contributed by atoms with E-state index in [1.54, 1.807) is 17.3 Å². The standard InChI is InChI=1S/C24H25N5O3/c1-2-27-23(31)24(15-18-3-5-19(6-4-18)20-7-9-25-10-8-20)17-29(13-14-32-24)22(30)21-16-26-11-12-28-21/h3-12,16H,2,13-15,17H2,1H3,(H,27,31). The van der Waals surface area contributed by atoms with Gasteiger partial charge in [0.05, 0.1) is 19.3 Å². The number of morpholine rings is 1. The molecule has 0 aliphatic carbocycles. The molecule has 1 N–H and O–H groups in total. The van der Waals surface area contributed by atoms with Crippen molar-refractivity contribution in [3.8, 4) is 11.1 Å². The van der Waals surface area contributed by atoms with Crippen LogP contribution in [0.1, 0.15) is 23.0 Å². The first-order valence-corrected chi connectivity index (χ1v) is 10.6. The minimum absolute atomic E-state index is 0.139. The second kappa shape index (κ2) is 9.65. The average molecular weight is 431 g/mol. The highest BCUT2D eigenvalue weighted by molar-refractivity contribution is 5.93. The van der Waals surface area contributed by atoms with E-state index in [2.05, 4.69) is 20.3 Å². The highest BCUT2D eigenvalue weighted by atomic mass is 16.5. The van der Waals surface area contributed by atoms with E-state index < -0.39 is 5.60 Å². The van der Waals surface area contributed by atoms with Gasteiger partial charge in [-0.1, -0.05) is 24.3 Å². The van der Waals surface area contributed by atoms with E-state index >= 15 is 0 Å². The Kier molecular flexibility index (Phi) is 6.51. The van der Waals surface area contributed by atoms with Crippen LogP contribution < -0.4 is 5.32 Å². The lowest BCUT2D eigenvalue weighted by Gasteiger charge is -2.41. The van der Waals surface area contributed by atoms with E-state index in [1.807, 2.05) is 43.3 Å². The Balaban J connectivity index is 1.57. The zero-order valence-corrected chi connectivity index (χ0v) is 17.9. The van der Waals surface area contributed by atoms with E-state index in [9.17, 15) is 9.59 Å². The first-order valence-electron chi connectivity index (χ1n) is 10.6. The second-order valence-electron chi connectivity index (χ2n) is 7.63. The molecule has 0 spiro atoms. The number of rotatable bonds is 6. The lowest BCUT2D eigenvalue weighted by Crippen LogP contribution is -2.62. The van der Waals surface area contributed by atoms with E-state index in [0.29, 0.717) is 19.5 Å². The van der Waals surface area contributed by atoms with E-state index in [1.165, 1.54) is 18.6 Å². The molecule has 0 radical (unpaired) electrons. The van der Waals surface area contributed by atoms with Gasteiger partial charge in [-0.3, -0.25) is 19.6 Å². The van der Waals surface area contributed by atoms with Crippen LogP contribution in [0.4, 0.5) is 0 Å². The van der Waals surface area contributed by atoms with Crippen LogP contribution >= 0.6 is 0 Å². The molecule has 8 nitrogen and oxygen atoms in total. The van der Waals surface area contributed by atoms with Gasteiger partial charge in [-0.05, 0) is 35.7 Å². The number of aromatic nitrogens is 3. The number of pyridine rings is 1. The van der Waals surface area contributed by atoms with Crippen molar-refractivity contribution in [2.24, 2.45) is 0 Å². The van der Waals surface area contributed by atoms with Crippen LogP contribution in [0.25, 0.3) is 11.1 Å². The molecule has 1 aliphatic heterocycles. The summed E-state index contributed by atoms with van der Waals surface area (Å²) in [5.74, 6) is -0.488. The molecule has 1 fully saturated rings. The van der Waals surface area contributed by atoms with Crippen molar-refractivity contribution in [2.75, 3.05) is 26.2 Å².